The van der Waals surface area contributed by atoms with Crippen molar-refractivity contribution in [3.63, 3.8) is 0 Å². The van der Waals surface area contributed by atoms with E-state index in [2.05, 4.69) is 17.1 Å². The van der Waals surface area contributed by atoms with Crippen LogP contribution >= 0.6 is 0 Å². The van der Waals surface area contributed by atoms with E-state index in [0.29, 0.717) is 43.2 Å². The number of nitrogen functional groups attached to an aromatic ring is 1. The number of ether oxygens (including phenoxy) is 3. The number of hydrogen-bond donors (Lipinski definition) is 3. The Morgan fingerprint density at radius 1 is 0.816 bits per heavy atom. The lowest BCUT2D eigenvalue weighted by molar-refractivity contribution is -0.139. The Labute approximate surface area is 291 Å². The molecule has 0 radical (unpaired) electrons. The Hall–Kier alpha value is -4.86. The van der Waals surface area contributed by atoms with Crippen molar-refractivity contribution in [2.45, 2.75) is 72.4 Å². The standard InChI is InChI=1S/C23H23NO3.C17H28N2O3/c25-23(26)22(24-16-19-7-3-1-4-8-19)15-18-11-13-21(14-12-18)27-17-20-9-5-2-6-10-20;1-5-8-11-21-16-12-14(9-10-15(16)18)17(20)22-13(4)19(6-2)7-3/h1-14,22,24H,15-17H2,(H,25,26);9-10,12-13H,5-8,11,18H2,1-4H3/t22-;/m1./s1. The molecular weight excluding hydrogens is 618 g/mol. The van der Waals surface area contributed by atoms with Crippen molar-refractivity contribution in [3.05, 3.63) is 125 Å². The molecule has 0 aromatic heterocycles. The maximum atomic E-state index is 12.2. The first-order valence-corrected chi connectivity index (χ1v) is 17.0. The number of hydrogen-bond acceptors (Lipinski definition) is 8. The summed E-state index contributed by atoms with van der Waals surface area (Å²) >= 11 is 0. The van der Waals surface area contributed by atoms with Crippen LogP contribution in [0.4, 0.5) is 5.69 Å². The number of nitrogens with two attached hydrogens (primary N) is 1. The van der Waals surface area contributed by atoms with Crippen molar-refractivity contribution in [3.8, 4) is 11.5 Å². The number of anilines is 1. The van der Waals surface area contributed by atoms with Crippen LogP contribution in [0.15, 0.2) is 103 Å². The zero-order valence-electron chi connectivity index (χ0n) is 29.1. The van der Waals surface area contributed by atoms with Crippen molar-refractivity contribution in [1.29, 1.82) is 0 Å². The van der Waals surface area contributed by atoms with Gasteiger partial charge in [0.05, 0.1) is 17.9 Å². The normalized spacial score (nSPS) is 11.9. The number of nitrogens with zero attached hydrogens (tertiary/aromatic N) is 1. The van der Waals surface area contributed by atoms with Gasteiger partial charge in [-0.15, -0.1) is 0 Å². The van der Waals surface area contributed by atoms with E-state index in [1.807, 2.05) is 106 Å². The molecule has 0 bridgehead atoms. The summed E-state index contributed by atoms with van der Waals surface area (Å²) in [4.78, 5) is 25.9. The molecule has 0 amide bonds. The first-order valence-electron chi connectivity index (χ1n) is 17.0. The van der Waals surface area contributed by atoms with Crippen LogP contribution < -0.4 is 20.5 Å². The van der Waals surface area contributed by atoms with E-state index in [9.17, 15) is 14.7 Å². The Balaban J connectivity index is 0.000000272. The van der Waals surface area contributed by atoms with E-state index >= 15 is 0 Å². The van der Waals surface area contributed by atoms with Gasteiger partial charge in [0.1, 0.15) is 24.1 Å². The van der Waals surface area contributed by atoms with E-state index in [-0.39, 0.29) is 12.2 Å². The zero-order valence-corrected chi connectivity index (χ0v) is 29.1. The van der Waals surface area contributed by atoms with Crippen LogP contribution in [0, 0.1) is 0 Å². The first-order chi connectivity index (χ1) is 23.7. The van der Waals surface area contributed by atoms with Crippen molar-refractivity contribution in [2.24, 2.45) is 0 Å². The van der Waals surface area contributed by atoms with Gasteiger partial charge in [0.15, 0.2) is 6.23 Å². The van der Waals surface area contributed by atoms with Crippen LogP contribution in [0.3, 0.4) is 0 Å². The van der Waals surface area contributed by atoms with Crippen LogP contribution in [0.1, 0.15) is 67.6 Å². The molecular formula is C40H51N3O6. The van der Waals surface area contributed by atoms with Crippen LogP contribution in [0.5, 0.6) is 11.5 Å². The lowest BCUT2D eigenvalue weighted by atomic mass is 10.1. The van der Waals surface area contributed by atoms with Crippen LogP contribution in [0.2, 0.25) is 0 Å². The van der Waals surface area contributed by atoms with Crippen molar-refractivity contribution >= 4 is 17.6 Å². The number of nitrogens with one attached hydrogen (secondary N) is 1. The Morgan fingerprint density at radius 3 is 2.04 bits per heavy atom. The maximum absolute atomic E-state index is 12.2. The Morgan fingerprint density at radius 2 is 1.45 bits per heavy atom. The number of rotatable bonds is 18. The van der Waals surface area contributed by atoms with Gasteiger partial charge in [0.25, 0.3) is 0 Å². The summed E-state index contributed by atoms with van der Waals surface area (Å²) < 4.78 is 16.9. The van der Waals surface area contributed by atoms with Gasteiger partial charge >= 0.3 is 11.9 Å². The molecule has 2 atom stereocenters. The molecule has 9 nitrogen and oxygen atoms in total. The van der Waals surface area contributed by atoms with E-state index in [4.69, 9.17) is 19.9 Å². The quantitative estimate of drug-likeness (QED) is 0.0432. The van der Waals surface area contributed by atoms with Crippen molar-refractivity contribution in [2.75, 3.05) is 25.4 Å². The third-order valence-corrected chi connectivity index (χ3v) is 7.91. The molecule has 4 aromatic carbocycles. The van der Waals surface area contributed by atoms with Gasteiger partial charge in [-0.25, -0.2) is 4.79 Å². The van der Waals surface area contributed by atoms with E-state index in [0.717, 1.165) is 48.4 Å². The summed E-state index contributed by atoms with van der Waals surface area (Å²) in [5, 5.41) is 12.6. The van der Waals surface area contributed by atoms with Gasteiger partial charge in [0, 0.05) is 6.54 Å². The summed E-state index contributed by atoms with van der Waals surface area (Å²) in [7, 11) is 0. The molecule has 0 fully saturated rings. The highest BCUT2D eigenvalue weighted by atomic mass is 16.6. The topological polar surface area (TPSA) is 123 Å². The second-order valence-corrected chi connectivity index (χ2v) is 11.6. The molecule has 4 rings (SSSR count). The van der Waals surface area contributed by atoms with Crippen molar-refractivity contribution < 1.29 is 28.9 Å². The monoisotopic (exact) mass is 669 g/mol. The number of carbonyl (C=O) groups is 2. The minimum Gasteiger partial charge on any atom is -0.491 e. The fourth-order valence-corrected chi connectivity index (χ4v) is 4.93. The summed E-state index contributed by atoms with van der Waals surface area (Å²) in [5.74, 6) is 0.0974. The zero-order chi connectivity index (χ0) is 35.4. The Bertz CT molecular complexity index is 1530. The summed E-state index contributed by atoms with van der Waals surface area (Å²) in [6.07, 6.45) is 2.15. The molecule has 49 heavy (non-hydrogen) atoms. The second-order valence-electron chi connectivity index (χ2n) is 11.6. The minimum absolute atomic E-state index is 0.260. The molecule has 0 aliphatic heterocycles. The molecule has 9 heteroatoms. The van der Waals surface area contributed by atoms with Gasteiger partial charge in [-0.1, -0.05) is 100.0 Å². The second kappa shape index (κ2) is 21.2. The summed E-state index contributed by atoms with van der Waals surface area (Å²) in [6, 6.07) is 31.7. The average Bonchev–Trinajstić information content (AvgIpc) is 3.12. The minimum atomic E-state index is -0.852. The number of unbranched alkanes of at least 4 members (excludes halogenated alkanes) is 1. The largest absolute Gasteiger partial charge is 0.491 e. The van der Waals surface area contributed by atoms with E-state index in [1.165, 1.54) is 0 Å². The first kappa shape index (κ1) is 38.6. The average molecular weight is 670 g/mol. The molecule has 0 saturated carbocycles. The molecule has 4 aromatic rings. The molecule has 1 unspecified atom stereocenters. The molecule has 0 heterocycles. The molecule has 4 N–H and O–H groups in total. The number of carboxylic acids is 1. The van der Waals surface area contributed by atoms with Gasteiger partial charge in [-0.3, -0.25) is 9.69 Å². The molecule has 0 aliphatic rings. The molecule has 0 spiro atoms. The lowest BCUT2D eigenvalue weighted by Gasteiger charge is -2.25. The molecule has 0 aliphatic carbocycles. The van der Waals surface area contributed by atoms with Crippen LogP contribution in [0.25, 0.3) is 0 Å². The van der Waals surface area contributed by atoms with Gasteiger partial charge in [0.2, 0.25) is 0 Å². The maximum Gasteiger partial charge on any atom is 0.339 e. The van der Waals surface area contributed by atoms with Gasteiger partial charge in [-0.05, 0) is 79.9 Å². The van der Waals surface area contributed by atoms with Crippen LogP contribution in [-0.2, 0) is 29.1 Å². The number of carboxylic acid groups (broad SMARTS) is 1. The predicted molar refractivity (Wildman–Crippen MR) is 195 cm³/mol. The predicted octanol–water partition coefficient (Wildman–Crippen LogP) is 7.34. The molecule has 262 valence electrons. The third-order valence-electron chi connectivity index (χ3n) is 7.91. The Kier molecular flexibility index (Phi) is 16.7. The fraction of sp³-hybridized carbons (Fsp3) is 0.350. The fourth-order valence-electron chi connectivity index (χ4n) is 4.93. The van der Waals surface area contributed by atoms with E-state index < -0.39 is 12.0 Å². The van der Waals surface area contributed by atoms with Crippen LogP contribution in [-0.4, -0.2) is 53.9 Å². The van der Waals surface area contributed by atoms with Gasteiger partial charge < -0.3 is 30.4 Å². The highest BCUT2D eigenvalue weighted by Crippen LogP contribution is 2.24. The summed E-state index contributed by atoms with van der Waals surface area (Å²) in [6.45, 7) is 11.3. The smallest absolute Gasteiger partial charge is 0.339 e. The highest BCUT2D eigenvalue weighted by molar-refractivity contribution is 5.90. The number of carbonyl (C=O) groups excluding carboxylic acids is 1. The lowest BCUT2D eigenvalue weighted by Crippen LogP contribution is -2.38. The van der Waals surface area contributed by atoms with Gasteiger partial charge in [-0.2, -0.15) is 0 Å². The number of aliphatic carboxylic acids is 1. The highest BCUT2D eigenvalue weighted by Gasteiger charge is 2.18. The number of benzene rings is 4. The molecule has 0 saturated heterocycles. The summed E-state index contributed by atoms with van der Waals surface area (Å²) in [5.41, 5.74) is 9.99. The van der Waals surface area contributed by atoms with E-state index in [1.54, 1.807) is 18.2 Å². The number of esters is 1. The third kappa shape index (κ3) is 13.6. The van der Waals surface area contributed by atoms with Crippen molar-refractivity contribution in [1.82, 2.24) is 10.2 Å². The SMILES string of the molecule is CCCCOc1cc(C(=O)OC(C)N(CC)CC)ccc1N.O=C(O)[C@@H](Cc1ccc(OCc2ccccc2)cc1)NCc1ccccc1.